The lowest BCUT2D eigenvalue weighted by Crippen LogP contribution is -2.10. The van der Waals surface area contributed by atoms with E-state index in [4.69, 9.17) is 0 Å². The van der Waals surface area contributed by atoms with Gasteiger partial charge in [0.15, 0.2) is 0 Å². The largest absolute Gasteiger partial charge is 0.307 e. The molecule has 58 heavy (non-hydrogen) atoms. The van der Waals surface area contributed by atoms with Gasteiger partial charge in [0.1, 0.15) is 0 Å². The van der Waals surface area contributed by atoms with Gasteiger partial charge in [0.05, 0.1) is 44.5 Å². The molecule has 0 atom stereocenters. The molecule has 4 heteroatoms. The zero-order chi connectivity index (χ0) is 37.9. The number of nitrogens with zero attached hydrogens (tertiary/aromatic N) is 4. The third-order valence-electron chi connectivity index (χ3n) is 12.7. The van der Waals surface area contributed by atoms with E-state index in [1.165, 1.54) is 93.6 Å². The molecule has 0 unspecified atom stereocenters. The molecule has 0 aliphatic heterocycles. The number of hydrogen-bond acceptors (Lipinski definition) is 0. The fourth-order valence-electron chi connectivity index (χ4n) is 10.4. The number of benzene rings is 8. The maximum Gasteiger partial charge on any atom is 0.0788 e. The van der Waals surface area contributed by atoms with Gasteiger partial charge in [-0.05, 0) is 90.7 Å². The Kier molecular flexibility index (Phi) is 6.53. The van der Waals surface area contributed by atoms with Gasteiger partial charge in [0, 0.05) is 55.1 Å². The normalized spacial score (nSPS) is 12.7. The Morgan fingerprint density at radius 3 is 1.10 bits per heavy atom. The van der Waals surface area contributed by atoms with Crippen molar-refractivity contribution in [3.05, 3.63) is 205 Å². The summed E-state index contributed by atoms with van der Waals surface area (Å²) < 4.78 is 10.0. The summed E-state index contributed by atoms with van der Waals surface area (Å²) in [5, 5.41) is 7.65. The fraction of sp³-hybridized carbons (Fsp3) is 0.0370. The molecule has 0 amide bonds. The molecular weight excluding hydrogens is 705 g/mol. The van der Waals surface area contributed by atoms with Crippen LogP contribution in [0.15, 0.2) is 194 Å². The summed E-state index contributed by atoms with van der Waals surface area (Å²) in [6, 6.07) is 71.3. The quantitative estimate of drug-likeness (QED) is 0.171. The maximum atomic E-state index is 2.55. The van der Waals surface area contributed by atoms with Gasteiger partial charge >= 0.3 is 0 Å². The molecule has 0 saturated carbocycles. The van der Waals surface area contributed by atoms with Crippen LogP contribution in [0.3, 0.4) is 0 Å². The average Bonchev–Trinajstić information content (AvgIpc) is 4.02. The van der Waals surface area contributed by atoms with E-state index in [-0.39, 0.29) is 0 Å². The zero-order valence-corrected chi connectivity index (χ0v) is 31.7. The van der Waals surface area contributed by atoms with E-state index < -0.39 is 0 Å². The van der Waals surface area contributed by atoms with Crippen molar-refractivity contribution in [2.75, 3.05) is 0 Å². The Labute approximate surface area is 334 Å². The number of hydrogen-bond donors (Lipinski definition) is 0. The first-order valence-electron chi connectivity index (χ1n) is 20.3. The molecule has 0 fully saturated rings. The molecule has 0 N–H and O–H groups in total. The summed E-state index contributed by atoms with van der Waals surface area (Å²) in [4.78, 5) is 0. The Bertz CT molecular complexity index is 3610. The van der Waals surface area contributed by atoms with Crippen molar-refractivity contribution < 1.29 is 0 Å². The van der Waals surface area contributed by atoms with Gasteiger partial charge < -0.3 is 18.3 Å². The minimum absolute atomic E-state index is 0.993. The zero-order valence-electron chi connectivity index (χ0n) is 31.7. The van der Waals surface area contributed by atoms with Gasteiger partial charge in [-0.2, -0.15) is 0 Å². The molecular formula is C54H36N4. The molecule has 0 spiro atoms. The molecule has 4 aromatic heterocycles. The number of aromatic nitrogens is 4. The molecule has 0 saturated heterocycles. The second-order valence-electron chi connectivity index (χ2n) is 15.6. The maximum absolute atomic E-state index is 2.55. The minimum atomic E-state index is 0.993. The van der Waals surface area contributed by atoms with Crippen LogP contribution >= 0.6 is 0 Å². The number of rotatable bonds is 4. The summed E-state index contributed by atoms with van der Waals surface area (Å²) in [6.07, 6.45) is 2.00. The Hall–Kier alpha value is -7.56. The standard InChI is InChI=1S/C54H36N4/c1-3-16-35(17-4-1)55-47-26-11-7-22-39(47)43-30-32-45-41-24-9-13-28-49(41)57(53(45)51(43)55)37-20-15-21-38(34-37)58-50-29-14-10-25-42(50)46-33-31-44-40-23-8-12-27-48(40)56(52(44)54(46)58)36-18-5-2-6-19-36/h1-30,32,34H,31,33H2. The summed E-state index contributed by atoms with van der Waals surface area (Å²) in [6.45, 7) is 0. The van der Waals surface area contributed by atoms with Crippen molar-refractivity contribution in [1.29, 1.82) is 0 Å². The van der Waals surface area contributed by atoms with Crippen molar-refractivity contribution in [1.82, 2.24) is 18.3 Å². The van der Waals surface area contributed by atoms with Crippen LogP contribution in [0.4, 0.5) is 0 Å². The van der Waals surface area contributed by atoms with Gasteiger partial charge in [-0.3, -0.25) is 0 Å². The predicted molar refractivity (Wildman–Crippen MR) is 242 cm³/mol. The van der Waals surface area contributed by atoms with Crippen molar-refractivity contribution >= 4 is 65.4 Å². The van der Waals surface area contributed by atoms with E-state index in [0.717, 1.165) is 29.9 Å². The molecule has 1 aliphatic rings. The molecule has 1 aliphatic carbocycles. The lowest BCUT2D eigenvalue weighted by Gasteiger charge is -2.21. The van der Waals surface area contributed by atoms with Crippen molar-refractivity contribution in [2.24, 2.45) is 0 Å². The molecule has 272 valence electrons. The van der Waals surface area contributed by atoms with Crippen LogP contribution < -0.4 is 0 Å². The Morgan fingerprint density at radius 2 is 0.603 bits per heavy atom. The van der Waals surface area contributed by atoms with Crippen molar-refractivity contribution in [3.63, 3.8) is 0 Å². The van der Waals surface area contributed by atoms with Crippen LogP contribution in [0.2, 0.25) is 0 Å². The first kappa shape index (κ1) is 31.6. The van der Waals surface area contributed by atoms with Crippen LogP contribution in [-0.2, 0) is 12.8 Å². The molecule has 4 heterocycles. The second-order valence-corrected chi connectivity index (χ2v) is 15.6. The number of fused-ring (bicyclic) bond motifs is 14. The summed E-state index contributed by atoms with van der Waals surface area (Å²) >= 11 is 0. The predicted octanol–water partition coefficient (Wildman–Crippen LogP) is 13.5. The lowest BCUT2D eigenvalue weighted by molar-refractivity contribution is 0.921. The van der Waals surface area contributed by atoms with E-state index in [2.05, 4.69) is 212 Å². The molecule has 12 aromatic rings. The Morgan fingerprint density at radius 1 is 0.259 bits per heavy atom. The summed E-state index contributed by atoms with van der Waals surface area (Å²) in [7, 11) is 0. The monoisotopic (exact) mass is 740 g/mol. The van der Waals surface area contributed by atoms with Crippen molar-refractivity contribution in [2.45, 2.75) is 12.8 Å². The summed E-state index contributed by atoms with van der Waals surface area (Å²) in [5.74, 6) is 0. The summed E-state index contributed by atoms with van der Waals surface area (Å²) in [5.41, 5.74) is 17.3. The van der Waals surface area contributed by atoms with E-state index in [9.17, 15) is 0 Å². The first-order chi connectivity index (χ1) is 28.8. The highest BCUT2D eigenvalue weighted by Gasteiger charge is 2.31. The van der Waals surface area contributed by atoms with Gasteiger partial charge in [-0.15, -0.1) is 0 Å². The fourth-order valence-corrected chi connectivity index (χ4v) is 10.4. The van der Waals surface area contributed by atoms with Gasteiger partial charge in [-0.25, -0.2) is 0 Å². The highest BCUT2D eigenvalue weighted by molar-refractivity contribution is 6.23. The van der Waals surface area contributed by atoms with Crippen LogP contribution in [0, 0.1) is 0 Å². The molecule has 0 bridgehead atoms. The van der Waals surface area contributed by atoms with Crippen LogP contribution in [-0.4, -0.2) is 18.3 Å². The average molecular weight is 741 g/mol. The van der Waals surface area contributed by atoms with Crippen LogP contribution in [0.25, 0.3) is 99.6 Å². The topological polar surface area (TPSA) is 19.7 Å². The van der Waals surface area contributed by atoms with Crippen molar-refractivity contribution in [3.8, 4) is 34.1 Å². The van der Waals surface area contributed by atoms with E-state index in [1.807, 2.05) is 0 Å². The van der Waals surface area contributed by atoms with Gasteiger partial charge in [0.2, 0.25) is 0 Å². The van der Waals surface area contributed by atoms with Crippen LogP contribution in [0.1, 0.15) is 11.1 Å². The van der Waals surface area contributed by atoms with E-state index in [1.54, 1.807) is 0 Å². The minimum Gasteiger partial charge on any atom is -0.307 e. The highest BCUT2D eigenvalue weighted by atomic mass is 15.1. The van der Waals surface area contributed by atoms with Gasteiger partial charge in [0.25, 0.3) is 0 Å². The first-order valence-corrected chi connectivity index (χ1v) is 20.3. The second kappa shape index (κ2) is 12.0. The third kappa shape index (κ3) is 4.24. The lowest BCUT2D eigenvalue weighted by atomic mass is 9.92. The number of para-hydroxylation sites is 6. The molecule has 0 radical (unpaired) electrons. The third-order valence-corrected chi connectivity index (χ3v) is 12.7. The SMILES string of the molecule is c1ccc(-n2c3c(c4ccccc42)CCc2c-3n(-c3cccc(-n4c5ccccc5c5ccc6c7ccccc7n(-c7ccccc7)c6c54)c3)c3ccccc23)cc1. The van der Waals surface area contributed by atoms with Crippen LogP contribution in [0.5, 0.6) is 0 Å². The van der Waals surface area contributed by atoms with E-state index in [0.29, 0.717) is 0 Å². The highest BCUT2D eigenvalue weighted by Crippen LogP contribution is 2.47. The number of aryl methyl sites for hydroxylation is 2. The van der Waals surface area contributed by atoms with E-state index >= 15 is 0 Å². The molecule has 4 nitrogen and oxygen atoms in total. The Balaban J connectivity index is 1.14. The smallest absolute Gasteiger partial charge is 0.0788 e. The van der Waals surface area contributed by atoms with Gasteiger partial charge in [-0.1, -0.05) is 127 Å². The molecule has 13 rings (SSSR count). The molecule has 8 aromatic carbocycles.